The standard InChI is InChI=1S/C58H43N/c1-57(2)48-30-14-16-32-50(48)58(51-33-17-15-31-49(51)57)52-34-20-29-46(42-25-10-5-11-26-42)56(52)47-38-37-43(39-53(47)58)59(54-35-18-12-27-44(54)40-21-6-3-7-22-40)55-36-19-13-28-45(55)41-23-8-4-9-24-41/h3-39H,1-2H3. The Labute approximate surface area is 347 Å². The minimum absolute atomic E-state index is 0.189. The molecule has 2 aliphatic carbocycles. The Morgan fingerprint density at radius 2 is 0.712 bits per heavy atom. The third-order valence-corrected chi connectivity index (χ3v) is 13.0. The van der Waals surface area contributed by atoms with Crippen molar-refractivity contribution >= 4 is 17.1 Å². The molecule has 1 nitrogen and oxygen atoms in total. The van der Waals surface area contributed by atoms with Crippen molar-refractivity contribution in [1.82, 2.24) is 0 Å². The average molecular weight is 754 g/mol. The maximum absolute atomic E-state index is 2.53. The first-order valence-corrected chi connectivity index (χ1v) is 20.7. The van der Waals surface area contributed by atoms with E-state index in [-0.39, 0.29) is 5.41 Å². The highest BCUT2D eigenvalue weighted by molar-refractivity contribution is 5.99. The van der Waals surface area contributed by atoms with Gasteiger partial charge in [0.1, 0.15) is 0 Å². The smallest absolute Gasteiger partial charge is 0.0720 e. The van der Waals surface area contributed by atoms with Crippen LogP contribution in [0.15, 0.2) is 224 Å². The van der Waals surface area contributed by atoms with Crippen molar-refractivity contribution in [1.29, 1.82) is 0 Å². The highest BCUT2D eigenvalue weighted by atomic mass is 15.1. The van der Waals surface area contributed by atoms with Crippen molar-refractivity contribution in [2.75, 3.05) is 4.90 Å². The van der Waals surface area contributed by atoms with Gasteiger partial charge in [-0.05, 0) is 91.0 Å². The third-order valence-electron chi connectivity index (χ3n) is 13.0. The lowest BCUT2D eigenvalue weighted by Gasteiger charge is -2.46. The molecule has 0 unspecified atom stereocenters. The van der Waals surface area contributed by atoms with Crippen molar-refractivity contribution in [2.45, 2.75) is 24.7 Å². The summed E-state index contributed by atoms with van der Waals surface area (Å²) >= 11 is 0. The van der Waals surface area contributed by atoms with E-state index < -0.39 is 5.41 Å². The molecule has 9 aromatic carbocycles. The lowest BCUT2D eigenvalue weighted by Crippen LogP contribution is -2.40. The summed E-state index contributed by atoms with van der Waals surface area (Å²) in [4.78, 5) is 2.50. The number of nitrogens with zero attached hydrogens (tertiary/aromatic N) is 1. The number of hydrogen-bond acceptors (Lipinski definition) is 1. The van der Waals surface area contributed by atoms with Gasteiger partial charge in [0.2, 0.25) is 0 Å². The Morgan fingerprint density at radius 1 is 0.305 bits per heavy atom. The van der Waals surface area contributed by atoms with Gasteiger partial charge >= 0.3 is 0 Å². The zero-order chi connectivity index (χ0) is 39.6. The van der Waals surface area contributed by atoms with E-state index >= 15 is 0 Å². The van der Waals surface area contributed by atoms with E-state index in [4.69, 9.17) is 0 Å². The third kappa shape index (κ3) is 5.25. The van der Waals surface area contributed by atoms with Gasteiger partial charge in [-0.15, -0.1) is 0 Å². The quantitative estimate of drug-likeness (QED) is 0.163. The van der Waals surface area contributed by atoms with Crippen molar-refractivity contribution in [2.24, 2.45) is 0 Å². The maximum atomic E-state index is 2.53. The monoisotopic (exact) mass is 753 g/mol. The molecule has 0 heterocycles. The molecule has 0 aromatic heterocycles. The van der Waals surface area contributed by atoms with E-state index in [9.17, 15) is 0 Å². The second-order valence-corrected chi connectivity index (χ2v) is 16.4. The van der Waals surface area contributed by atoms with Crippen LogP contribution in [0.3, 0.4) is 0 Å². The minimum atomic E-state index is -0.558. The largest absolute Gasteiger partial charge is 0.309 e. The van der Waals surface area contributed by atoms with Crippen LogP contribution < -0.4 is 4.90 Å². The number of anilines is 3. The molecular weight excluding hydrogens is 711 g/mol. The molecule has 9 aromatic rings. The van der Waals surface area contributed by atoms with Crippen LogP contribution in [0.25, 0.3) is 44.5 Å². The van der Waals surface area contributed by atoms with Gasteiger partial charge in [-0.1, -0.05) is 214 Å². The van der Waals surface area contributed by atoms with Crippen molar-refractivity contribution in [3.8, 4) is 44.5 Å². The molecule has 59 heavy (non-hydrogen) atoms. The SMILES string of the molecule is CC1(C)c2ccccc2C2(c3cc(N(c4ccccc4-c4ccccc4)c4ccccc4-c4ccccc4)ccc3-c3c(-c4ccccc4)cccc32)c2ccccc21. The Morgan fingerprint density at radius 3 is 1.24 bits per heavy atom. The van der Waals surface area contributed by atoms with Crippen LogP contribution in [0.1, 0.15) is 47.2 Å². The topological polar surface area (TPSA) is 3.24 Å². The van der Waals surface area contributed by atoms with Crippen LogP contribution >= 0.6 is 0 Å². The second-order valence-electron chi connectivity index (χ2n) is 16.4. The number of para-hydroxylation sites is 2. The van der Waals surface area contributed by atoms with E-state index in [1.807, 2.05) is 0 Å². The average Bonchev–Trinajstić information content (AvgIpc) is 3.60. The van der Waals surface area contributed by atoms with Gasteiger partial charge in [-0.2, -0.15) is 0 Å². The molecule has 0 saturated heterocycles. The Hall–Kier alpha value is -7.22. The first-order chi connectivity index (χ1) is 29.1. The molecule has 0 bridgehead atoms. The van der Waals surface area contributed by atoms with Crippen LogP contribution in [-0.4, -0.2) is 0 Å². The Bertz CT molecular complexity index is 2880. The number of hydrogen-bond donors (Lipinski definition) is 0. The van der Waals surface area contributed by atoms with Crippen molar-refractivity contribution in [3.05, 3.63) is 258 Å². The van der Waals surface area contributed by atoms with E-state index in [1.54, 1.807) is 0 Å². The molecular formula is C58H43N. The first kappa shape index (κ1) is 35.0. The number of fused-ring (bicyclic) bond motifs is 9. The summed E-state index contributed by atoms with van der Waals surface area (Å²) in [6.45, 7) is 4.79. The van der Waals surface area contributed by atoms with Gasteiger partial charge in [0.15, 0.2) is 0 Å². The molecule has 0 saturated carbocycles. The zero-order valence-electron chi connectivity index (χ0n) is 33.3. The van der Waals surface area contributed by atoms with Gasteiger partial charge in [0, 0.05) is 22.2 Å². The van der Waals surface area contributed by atoms with Gasteiger partial charge in [0.25, 0.3) is 0 Å². The molecule has 1 heteroatoms. The van der Waals surface area contributed by atoms with E-state index in [2.05, 4.69) is 243 Å². The van der Waals surface area contributed by atoms with Gasteiger partial charge in [-0.25, -0.2) is 0 Å². The Kier molecular flexibility index (Phi) is 8.13. The van der Waals surface area contributed by atoms with Crippen LogP contribution in [0.2, 0.25) is 0 Å². The predicted molar refractivity (Wildman–Crippen MR) is 247 cm³/mol. The van der Waals surface area contributed by atoms with Crippen LogP contribution in [-0.2, 0) is 10.8 Å². The predicted octanol–water partition coefficient (Wildman–Crippen LogP) is 15.2. The summed E-state index contributed by atoms with van der Waals surface area (Å²) in [5.41, 5.74) is 20.5. The molecule has 0 N–H and O–H groups in total. The molecule has 0 atom stereocenters. The van der Waals surface area contributed by atoms with Crippen molar-refractivity contribution < 1.29 is 0 Å². The van der Waals surface area contributed by atoms with Crippen LogP contribution in [0, 0.1) is 0 Å². The van der Waals surface area contributed by atoms with E-state index in [0.29, 0.717) is 0 Å². The summed E-state index contributed by atoms with van der Waals surface area (Å²) in [6.07, 6.45) is 0. The van der Waals surface area contributed by atoms with Gasteiger partial charge in [0.05, 0.1) is 16.8 Å². The lowest BCUT2D eigenvalue weighted by atomic mass is 9.55. The molecule has 0 radical (unpaired) electrons. The second kappa shape index (κ2) is 13.7. The number of rotatable bonds is 6. The van der Waals surface area contributed by atoms with Crippen molar-refractivity contribution in [3.63, 3.8) is 0 Å². The lowest BCUT2D eigenvalue weighted by molar-refractivity contribution is 0.563. The van der Waals surface area contributed by atoms with Crippen LogP contribution in [0.5, 0.6) is 0 Å². The summed E-state index contributed by atoms with van der Waals surface area (Å²) in [6, 6.07) is 83.0. The fourth-order valence-electron chi connectivity index (χ4n) is 10.4. The first-order valence-electron chi connectivity index (χ1n) is 20.7. The molecule has 2 aliphatic rings. The summed E-state index contributed by atoms with van der Waals surface area (Å²) in [7, 11) is 0. The highest BCUT2D eigenvalue weighted by Crippen LogP contribution is 2.64. The molecule has 0 fully saturated rings. The summed E-state index contributed by atoms with van der Waals surface area (Å²) < 4.78 is 0. The fraction of sp³-hybridized carbons (Fsp3) is 0.0690. The molecule has 11 rings (SSSR count). The minimum Gasteiger partial charge on any atom is -0.309 e. The fourth-order valence-corrected chi connectivity index (χ4v) is 10.4. The molecule has 280 valence electrons. The highest BCUT2D eigenvalue weighted by Gasteiger charge is 2.54. The Balaban J connectivity index is 1.27. The maximum Gasteiger partial charge on any atom is 0.0720 e. The summed E-state index contributed by atoms with van der Waals surface area (Å²) in [5.74, 6) is 0. The number of benzene rings is 9. The molecule has 1 spiro atoms. The van der Waals surface area contributed by atoms with E-state index in [1.165, 1.54) is 77.9 Å². The molecule has 0 amide bonds. The van der Waals surface area contributed by atoms with Gasteiger partial charge in [-0.3, -0.25) is 0 Å². The summed E-state index contributed by atoms with van der Waals surface area (Å²) in [5, 5.41) is 0. The normalized spacial score (nSPS) is 13.9. The van der Waals surface area contributed by atoms with E-state index in [0.717, 1.165) is 17.1 Å². The molecule has 0 aliphatic heterocycles. The zero-order valence-corrected chi connectivity index (χ0v) is 33.3. The van der Waals surface area contributed by atoms with Crippen LogP contribution in [0.4, 0.5) is 17.1 Å². The van der Waals surface area contributed by atoms with Gasteiger partial charge < -0.3 is 4.90 Å².